The molecule has 3 aromatic heterocycles. The Bertz CT molecular complexity index is 985. The van der Waals surface area contributed by atoms with Crippen molar-refractivity contribution in [1.82, 2.24) is 29.3 Å². The summed E-state index contributed by atoms with van der Waals surface area (Å²) in [6.07, 6.45) is 8.11. The minimum absolute atomic E-state index is 0.0629. The van der Waals surface area contributed by atoms with Gasteiger partial charge in [-0.05, 0) is 37.6 Å². The summed E-state index contributed by atoms with van der Waals surface area (Å²) in [5.41, 5.74) is 4.01. The topological polar surface area (TPSA) is 67.2 Å². The summed E-state index contributed by atoms with van der Waals surface area (Å²) in [5.74, 6) is 0.0629. The van der Waals surface area contributed by atoms with Crippen molar-refractivity contribution in [2.45, 2.75) is 45.4 Å². The van der Waals surface area contributed by atoms with Crippen LogP contribution in [0.3, 0.4) is 0 Å². The molecule has 156 valence electrons. The van der Waals surface area contributed by atoms with Crippen LogP contribution < -0.4 is 0 Å². The number of hydrogen-bond acceptors (Lipinski definition) is 5. The first-order valence-corrected chi connectivity index (χ1v) is 10.4. The van der Waals surface area contributed by atoms with Crippen molar-refractivity contribution in [3.05, 3.63) is 77.9 Å². The van der Waals surface area contributed by atoms with E-state index in [9.17, 15) is 4.79 Å². The molecule has 0 spiro atoms. The van der Waals surface area contributed by atoms with Gasteiger partial charge in [0.25, 0.3) is 0 Å². The molecule has 0 N–H and O–H groups in total. The highest BCUT2D eigenvalue weighted by Crippen LogP contribution is 2.33. The first-order chi connectivity index (χ1) is 14.5. The summed E-state index contributed by atoms with van der Waals surface area (Å²) in [7, 11) is 1.85. The number of pyridine rings is 2. The van der Waals surface area contributed by atoms with Crippen LogP contribution in [0.2, 0.25) is 0 Å². The van der Waals surface area contributed by atoms with Crippen molar-refractivity contribution in [2.24, 2.45) is 0 Å². The van der Waals surface area contributed by atoms with Gasteiger partial charge in [-0.1, -0.05) is 12.1 Å². The second kappa shape index (κ2) is 8.75. The van der Waals surface area contributed by atoms with Gasteiger partial charge in [-0.15, -0.1) is 0 Å². The predicted octanol–water partition coefficient (Wildman–Crippen LogP) is 3.01. The lowest BCUT2D eigenvalue weighted by Gasteiger charge is -2.37. The lowest BCUT2D eigenvalue weighted by Crippen LogP contribution is -2.45. The molecule has 0 fully saturated rings. The molecule has 0 saturated heterocycles. The second-order valence-electron chi connectivity index (χ2n) is 8.08. The van der Waals surface area contributed by atoms with Crippen molar-refractivity contribution >= 4 is 5.91 Å². The highest BCUT2D eigenvalue weighted by Gasteiger charge is 2.38. The fourth-order valence-electron chi connectivity index (χ4n) is 4.05. The van der Waals surface area contributed by atoms with Crippen LogP contribution in [0.5, 0.6) is 0 Å². The van der Waals surface area contributed by atoms with Gasteiger partial charge < -0.3 is 9.47 Å². The monoisotopic (exact) mass is 404 g/mol. The fourth-order valence-corrected chi connectivity index (χ4v) is 4.05. The third-order valence-corrected chi connectivity index (χ3v) is 5.57. The van der Waals surface area contributed by atoms with Crippen LogP contribution in [0.4, 0.5) is 0 Å². The molecule has 1 atom stereocenters. The van der Waals surface area contributed by atoms with E-state index >= 15 is 0 Å². The van der Waals surface area contributed by atoms with Gasteiger partial charge in [0, 0.05) is 51.2 Å². The maximum Gasteiger partial charge on any atom is 0.246 e. The summed E-state index contributed by atoms with van der Waals surface area (Å²) in [6, 6.07) is 9.62. The first-order valence-electron chi connectivity index (χ1n) is 10.4. The van der Waals surface area contributed by atoms with E-state index in [1.807, 2.05) is 43.8 Å². The molecule has 0 unspecified atom stereocenters. The lowest BCUT2D eigenvalue weighted by molar-refractivity contribution is -0.137. The molecule has 4 rings (SSSR count). The van der Waals surface area contributed by atoms with Crippen LogP contribution in [0.25, 0.3) is 0 Å². The number of carbonyl (C=O) groups is 1. The maximum atomic E-state index is 13.7. The summed E-state index contributed by atoms with van der Waals surface area (Å²) >= 11 is 0. The first kappa shape index (κ1) is 20.2. The fraction of sp³-hybridized carbons (Fsp3) is 0.391. The van der Waals surface area contributed by atoms with E-state index < -0.39 is 0 Å². The highest BCUT2D eigenvalue weighted by molar-refractivity contribution is 5.83. The molecule has 3 aromatic rings. The molecule has 1 amide bonds. The van der Waals surface area contributed by atoms with Crippen molar-refractivity contribution in [3.8, 4) is 0 Å². The Morgan fingerprint density at radius 2 is 2.07 bits per heavy atom. The van der Waals surface area contributed by atoms with Crippen LogP contribution in [-0.4, -0.2) is 48.8 Å². The van der Waals surface area contributed by atoms with Gasteiger partial charge in [-0.25, -0.2) is 4.98 Å². The molecule has 0 saturated carbocycles. The summed E-state index contributed by atoms with van der Waals surface area (Å²) in [5, 5.41) is 0. The maximum absolute atomic E-state index is 13.7. The number of aromatic nitrogens is 4. The van der Waals surface area contributed by atoms with E-state index in [1.165, 1.54) is 0 Å². The van der Waals surface area contributed by atoms with E-state index in [-0.39, 0.29) is 18.0 Å². The van der Waals surface area contributed by atoms with Gasteiger partial charge in [-0.3, -0.25) is 19.7 Å². The van der Waals surface area contributed by atoms with Crippen LogP contribution in [-0.2, 0) is 24.3 Å². The summed E-state index contributed by atoms with van der Waals surface area (Å²) in [6.45, 7) is 6.18. The number of imidazole rings is 1. The Kier molecular flexibility index (Phi) is 5.90. The zero-order valence-corrected chi connectivity index (χ0v) is 17.8. The van der Waals surface area contributed by atoms with Crippen molar-refractivity contribution in [3.63, 3.8) is 0 Å². The van der Waals surface area contributed by atoms with E-state index in [2.05, 4.69) is 44.3 Å². The molecule has 1 aliphatic heterocycles. The van der Waals surface area contributed by atoms with Gasteiger partial charge in [0.05, 0.1) is 30.0 Å². The molecule has 4 heterocycles. The minimum Gasteiger partial charge on any atom is -0.338 e. The molecule has 7 nitrogen and oxygen atoms in total. The van der Waals surface area contributed by atoms with Crippen LogP contribution in [0.15, 0.2) is 55.2 Å². The number of carbonyl (C=O) groups excluding carboxylic acids is 1. The Labute approximate surface area is 177 Å². The minimum atomic E-state index is -0.382. The zero-order chi connectivity index (χ0) is 21.1. The SMILES string of the molecule is CC(C)n1cnc2c1[C@@H](C(=O)N(C)Cc1ccccn1)N(Cc1cccnc1)CC2. The van der Waals surface area contributed by atoms with Gasteiger partial charge in [0.2, 0.25) is 5.91 Å². The van der Waals surface area contributed by atoms with Crippen molar-refractivity contribution in [2.75, 3.05) is 13.6 Å². The highest BCUT2D eigenvalue weighted by atomic mass is 16.2. The van der Waals surface area contributed by atoms with Gasteiger partial charge in [-0.2, -0.15) is 0 Å². The third-order valence-electron chi connectivity index (χ3n) is 5.57. The number of likely N-dealkylation sites (N-methyl/N-ethyl adjacent to an activating group) is 1. The van der Waals surface area contributed by atoms with Crippen LogP contribution in [0, 0.1) is 0 Å². The largest absolute Gasteiger partial charge is 0.338 e. The Hall–Kier alpha value is -3.06. The van der Waals surface area contributed by atoms with Gasteiger partial charge in [0.1, 0.15) is 6.04 Å². The third kappa shape index (κ3) is 4.11. The number of fused-ring (bicyclic) bond motifs is 1. The number of nitrogens with zero attached hydrogens (tertiary/aromatic N) is 6. The van der Waals surface area contributed by atoms with E-state index in [4.69, 9.17) is 0 Å². The molecular weight excluding hydrogens is 376 g/mol. The summed E-state index contributed by atoms with van der Waals surface area (Å²) in [4.78, 5) is 31.0. The summed E-state index contributed by atoms with van der Waals surface area (Å²) < 4.78 is 2.14. The average molecular weight is 405 g/mol. The number of rotatable bonds is 6. The van der Waals surface area contributed by atoms with Gasteiger partial charge in [0.15, 0.2) is 0 Å². The predicted molar refractivity (Wildman–Crippen MR) is 114 cm³/mol. The van der Waals surface area contributed by atoms with Crippen LogP contribution >= 0.6 is 0 Å². The number of hydrogen-bond donors (Lipinski definition) is 0. The quantitative estimate of drug-likeness (QED) is 0.632. The average Bonchev–Trinajstić information content (AvgIpc) is 3.19. The Balaban J connectivity index is 1.67. The normalized spacial score (nSPS) is 16.5. The lowest BCUT2D eigenvalue weighted by atomic mass is 9.99. The second-order valence-corrected chi connectivity index (χ2v) is 8.08. The molecular formula is C23H28N6O. The van der Waals surface area contributed by atoms with E-state index in [1.54, 1.807) is 17.3 Å². The Morgan fingerprint density at radius 1 is 1.20 bits per heavy atom. The molecule has 7 heteroatoms. The zero-order valence-electron chi connectivity index (χ0n) is 17.8. The Morgan fingerprint density at radius 3 is 2.77 bits per heavy atom. The van der Waals surface area contributed by atoms with Crippen LogP contribution in [0.1, 0.15) is 48.6 Å². The molecule has 0 aromatic carbocycles. The molecule has 0 aliphatic carbocycles. The molecule has 0 bridgehead atoms. The molecule has 1 aliphatic rings. The smallest absolute Gasteiger partial charge is 0.246 e. The number of amides is 1. The standard InChI is InChI=1S/C23H28N6O/c1-17(2)29-16-26-20-9-12-28(14-18-7-6-10-24-13-18)22(21(20)29)23(30)27(3)15-19-8-4-5-11-25-19/h4-8,10-11,13,16-17,22H,9,12,14-15H2,1-3H3/t22-/m0/s1. The molecule has 30 heavy (non-hydrogen) atoms. The molecule has 0 radical (unpaired) electrons. The van der Waals surface area contributed by atoms with Crippen molar-refractivity contribution in [1.29, 1.82) is 0 Å². The van der Waals surface area contributed by atoms with E-state index in [0.717, 1.165) is 35.6 Å². The van der Waals surface area contributed by atoms with Gasteiger partial charge >= 0.3 is 0 Å². The van der Waals surface area contributed by atoms with Crippen molar-refractivity contribution < 1.29 is 4.79 Å². The van der Waals surface area contributed by atoms with E-state index in [0.29, 0.717) is 13.1 Å².